The van der Waals surface area contributed by atoms with Crippen molar-refractivity contribution in [3.05, 3.63) is 53.6 Å². The van der Waals surface area contributed by atoms with Crippen LogP contribution in [0.15, 0.2) is 42.5 Å². The van der Waals surface area contributed by atoms with E-state index < -0.39 is 12.6 Å². The Morgan fingerprint density at radius 2 is 1.67 bits per heavy atom. The van der Waals surface area contributed by atoms with E-state index >= 15 is 0 Å². The average molecular weight is 372 g/mol. The van der Waals surface area contributed by atoms with Gasteiger partial charge in [0.05, 0.1) is 19.8 Å². The van der Waals surface area contributed by atoms with Gasteiger partial charge in [-0.15, -0.1) is 0 Å². The number of carbonyl (C=O) groups excluding carboxylic acids is 2. The number of methoxy groups -OCH3 is 2. The van der Waals surface area contributed by atoms with E-state index in [2.05, 4.69) is 0 Å². The van der Waals surface area contributed by atoms with Crippen molar-refractivity contribution < 1.29 is 28.5 Å². The summed E-state index contributed by atoms with van der Waals surface area (Å²) < 4.78 is 20.9. The molecule has 0 saturated heterocycles. The molecule has 0 atom stereocenters. The lowest BCUT2D eigenvalue weighted by Gasteiger charge is -2.13. The zero-order chi connectivity index (χ0) is 19.8. The van der Waals surface area contributed by atoms with Gasteiger partial charge in [-0.05, 0) is 29.7 Å². The molecule has 0 fully saturated rings. The number of carbonyl (C=O) groups is 2. The Kier molecular flexibility index (Phi) is 7.23. The maximum Gasteiger partial charge on any atom is 0.344 e. The van der Waals surface area contributed by atoms with Crippen LogP contribution in [0.1, 0.15) is 35.7 Å². The van der Waals surface area contributed by atoms with Crippen molar-refractivity contribution in [2.75, 3.05) is 27.4 Å². The van der Waals surface area contributed by atoms with Crippen LogP contribution in [0.4, 0.5) is 0 Å². The van der Waals surface area contributed by atoms with Gasteiger partial charge in [0, 0.05) is 6.07 Å². The lowest BCUT2D eigenvalue weighted by atomic mass is 10.0. The maximum absolute atomic E-state index is 12.3. The molecule has 0 N–H and O–H groups in total. The Balaban J connectivity index is 1.91. The molecule has 0 bridgehead atoms. The first-order chi connectivity index (χ1) is 13.0. The van der Waals surface area contributed by atoms with Crippen molar-refractivity contribution in [2.45, 2.75) is 19.8 Å². The third-order valence-electron chi connectivity index (χ3n) is 3.96. The number of para-hydroxylation sites is 1. The largest absolute Gasteiger partial charge is 0.497 e. The molecule has 6 nitrogen and oxygen atoms in total. The summed E-state index contributed by atoms with van der Waals surface area (Å²) in [4.78, 5) is 24.2. The van der Waals surface area contributed by atoms with Crippen LogP contribution in [-0.4, -0.2) is 39.2 Å². The predicted molar refractivity (Wildman–Crippen MR) is 101 cm³/mol. The number of ketones is 1. The van der Waals surface area contributed by atoms with E-state index in [0.717, 1.165) is 5.56 Å². The summed E-state index contributed by atoms with van der Waals surface area (Å²) in [5.41, 5.74) is 1.32. The number of esters is 1. The minimum atomic E-state index is -0.616. The second-order valence-corrected chi connectivity index (χ2v) is 6.13. The molecule has 0 aliphatic heterocycles. The first-order valence-corrected chi connectivity index (χ1v) is 8.58. The summed E-state index contributed by atoms with van der Waals surface area (Å²) in [5.74, 6) is 0.837. The molecule has 27 heavy (non-hydrogen) atoms. The molecule has 0 aliphatic rings. The molecule has 0 radical (unpaired) electrons. The number of hydrogen-bond acceptors (Lipinski definition) is 6. The Hall–Kier alpha value is -3.02. The predicted octanol–water partition coefficient (Wildman–Crippen LogP) is 3.63. The van der Waals surface area contributed by atoms with Crippen LogP contribution in [0.5, 0.6) is 17.2 Å². The molecular formula is C21H24O6. The van der Waals surface area contributed by atoms with Gasteiger partial charge in [-0.1, -0.05) is 32.0 Å². The molecule has 2 rings (SSSR count). The minimum Gasteiger partial charge on any atom is -0.497 e. The van der Waals surface area contributed by atoms with E-state index in [1.165, 1.54) is 14.2 Å². The Labute approximate surface area is 159 Å². The van der Waals surface area contributed by atoms with Gasteiger partial charge in [0.15, 0.2) is 13.2 Å². The number of ether oxygens (including phenoxy) is 4. The highest BCUT2D eigenvalue weighted by Gasteiger charge is 2.16. The fourth-order valence-corrected chi connectivity index (χ4v) is 2.52. The van der Waals surface area contributed by atoms with Crippen molar-refractivity contribution in [1.82, 2.24) is 0 Å². The van der Waals surface area contributed by atoms with Gasteiger partial charge in [-0.2, -0.15) is 0 Å². The van der Waals surface area contributed by atoms with Gasteiger partial charge in [0.25, 0.3) is 0 Å². The summed E-state index contributed by atoms with van der Waals surface area (Å²) in [6, 6.07) is 12.3. The maximum atomic E-state index is 12.3. The topological polar surface area (TPSA) is 71.1 Å². The average Bonchev–Trinajstić information content (AvgIpc) is 2.69. The van der Waals surface area contributed by atoms with Crippen LogP contribution in [0, 0.1) is 0 Å². The molecule has 6 heteroatoms. The first-order valence-electron chi connectivity index (χ1n) is 8.58. The second-order valence-electron chi connectivity index (χ2n) is 6.13. The van der Waals surface area contributed by atoms with Crippen molar-refractivity contribution in [3.63, 3.8) is 0 Å². The normalized spacial score (nSPS) is 10.4. The summed E-state index contributed by atoms with van der Waals surface area (Å²) in [5, 5.41) is 0. The van der Waals surface area contributed by atoms with E-state index in [1.54, 1.807) is 24.3 Å². The second kappa shape index (κ2) is 9.62. The SMILES string of the molecule is COc1ccc(C(=O)COC(=O)COc2ccccc2C(C)C)c(OC)c1. The van der Waals surface area contributed by atoms with Crippen LogP contribution in [0.3, 0.4) is 0 Å². The monoisotopic (exact) mass is 372 g/mol. The Morgan fingerprint density at radius 3 is 2.33 bits per heavy atom. The molecule has 0 heterocycles. The van der Waals surface area contributed by atoms with Crippen LogP contribution in [0.2, 0.25) is 0 Å². The highest BCUT2D eigenvalue weighted by Crippen LogP contribution is 2.26. The van der Waals surface area contributed by atoms with Gasteiger partial charge in [0.1, 0.15) is 17.2 Å². The standard InChI is InChI=1S/C21H24O6/c1-14(2)16-7-5-6-8-19(16)26-13-21(23)27-12-18(22)17-10-9-15(24-3)11-20(17)25-4/h5-11,14H,12-13H2,1-4H3. The van der Waals surface area contributed by atoms with Crippen molar-refractivity contribution >= 4 is 11.8 Å². The van der Waals surface area contributed by atoms with Gasteiger partial charge in [0.2, 0.25) is 5.78 Å². The molecule has 0 spiro atoms. The Bertz CT molecular complexity index is 797. The molecule has 2 aromatic carbocycles. The van der Waals surface area contributed by atoms with Crippen LogP contribution in [0.25, 0.3) is 0 Å². The number of hydrogen-bond donors (Lipinski definition) is 0. The van der Waals surface area contributed by atoms with Crippen molar-refractivity contribution in [2.24, 2.45) is 0 Å². The first kappa shape index (κ1) is 20.3. The van der Waals surface area contributed by atoms with Gasteiger partial charge >= 0.3 is 5.97 Å². The fraction of sp³-hybridized carbons (Fsp3) is 0.333. The van der Waals surface area contributed by atoms with E-state index in [4.69, 9.17) is 18.9 Å². The summed E-state index contributed by atoms with van der Waals surface area (Å²) in [6.45, 7) is 3.43. The smallest absolute Gasteiger partial charge is 0.344 e. The molecule has 0 aromatic heterocycles. The lowest BCUT2D eigenvalue weighted by Crippen LogP contribution is -2.20. The summed E-state index contributed by atoms with van der Waals surface area (Å²) >= 11 is 0. The van der Waals surface area contributed by atoms with E-state index in [1.807, 2.05) is 32.0 Å². The Morgan fingerprint density at radius 1 is 0.926 bits per heavy atom. The number of Topliss-reactive ketones (excluding diaryl/α,β-unsaturated/α-hetero) is 1. The number of benzene rings is 2. The van der Waals surface area contributed by atoms with Gasteiger partial charge in [-0.25, -0.2) is 4.79 Å². The van der Waals surface area contributed by atoms with E-state index in [9.17, 15) is 9.59 Å². The molecule has 0 aliphatic carbocycles. The zero-order valence-corrected chi connectivity index (χ0v) is 16.0. The van der Waals surface area contributed by atoms with Gasteiger partial charge in [-0.3, -0.25) is 4.79 Å². The van der Waals surface area contributed by atoms with Crippen molar-refractivity contribution in [3.8, 4) is 17.2 Å². The van der Waals surface area contributed by atoms with Crippen LogP contribution in [-0.2, 0) is 9.53 Å². The quantitative estimate of drug-likeness (QED) is 0.494. The zero-order valence-electron chi connectivity index (χ0n) is 16.0. The van der Waals surface area contributed by atoms with E-state index in [-0.39, 0.29) is 18.3 Å². The molecular weight excluding hydrogens is 348 g/mol. The number of rotatable bonds is 9. The third-order valence-corrected chi connectivity index (χ3v) is 3.96. The summed E-state index contributed by atoms with van der Waals surface area (Å²) in [6.07, 6.45) is 0. The summed E-state index contributed by atoms with van der Waals surface area (Å²) in [7, 11) is 2.98. The van der Waals surface area contributed by atoms with Crippen LogP contribution < -0.4 is 14.2 Å². The highest BCUT2D eigenvalue weighted by molar-refractivity contribution is 6.00. The molecule has 2 aromatic rings. The highest BCUT2D eigenvalue weighted by atomic mass is 16.6. The molecule has 0 saturated carbocycles. The lowest BCUT2D eigenvalue weighted by molar-refractivity contribution is -0.144. The van der Waals surface area contributed by atoms with Crippen molar-refractivity contribution in [1.29, 1.82) is 0 Å². The fourth-order valence-electron chi connectivity index (χ4n) is 2.52. The molecule has 0 unspecified atom stereocenters. The molecule has 144 valence electrons. The van der Waals surface area contributed by atoms with Crippen LogP contribution >= 0.6 is 0 Å². The third kappa shape index (κ3) is 5.48. The minimum absolute atomic E-state index is 0.265. The van der Waals surface area contributed by atoms with E-state index in [0.29, 0.717) is 22.8 Å². The molecule has 0 amide bonds. The van der Waals surface area contributed by atoms with Gasteiger partial charge < -0.3 is 18.9 Å².